The third-order valence-electron chi connectivity index (χ3n) is 2.88. The monoisotopic (exact) mass is 262 g/mol. The van der Waals surface area contributed by atoms with Crippen molar-refractivity contribution in [2.75, 3.05) is 18.5 Å². The molecule has 0 aliphatic heterocycles. The van der Waals surface area contributed by atoms with Gasteiger partial charge in [0.15, 0.2) is 5.96 Å². The average molecular weight is 262 g/mol. The fraction of sp³-hybridized carbons (Fsp3) is 0.429. The first-order valence-electron chi connectivity index (χ1n) is 6.38. The first-order chi connectivity index (χ1) is 9.01. The van der Waals surface area contributed by atoms with Crippen molar-refractivity contribution in [2.45, 2.75) is 27.2 Å². The molecule has 19 heavy (non-hydrogen) atoms. The zero-order valence-electron chi connectivity index (χ0n) is 12.0. The summed E-state index contributed by atoms with van der Waals surface area (Å²) in [5, 5.41) is 2.58. The molecule has 5 heteroatoms. The van der Waals surface area contributed by atoms with Gasteiger partial charge in [0.2, 0.25) is 0 Å². The number of hydrogen-bond acceptors (Lipinski definition) is 2. The van der Waals surface area contributed by atoms with Gasteiger partial charge in [-0.15, -0.1) is 0 Å². The number of anilines is 1. The van der Waals surface area contributed by atoms with Crippen LogP contribution in [0.5, 0.6) is 0 Å². The zero-order chi connectivity index (χ0) is 14.4. The largest absolute Gasteiger partial charge is 0.370 e. The highest BCUT2D eigenvalue weighted by molar-refractivity contribution is 6.03. The van der Waals surface area contributed by atoms with Gasteiger partial charge in [-0.3, -0.25) is 15.2 Å². The average Bonchev–Trinajstić information content (AvgIpc) is 2.37. The van der Waals surface area contributed by atoms with E-state index in [9.17, 15) is 4.79 Å². The molecule has 0 aromatic heterocycles. The van der Waals surface area contributed by atoms with Crippen LogP contribution in [-0.2, 0) is 0 Å². The molecular weight excluding hydrogens is 240 g/mol. The van der Waals surface area contributed by atoms with Crippen LogP contribution in [0.25, 0.3) is 0 Å². The summed E-state index contributed by atoms with van der Waals surface area (Å²) < 4.78 is 0. The molecule has 5 nitrogen and oxygen atoms in total. The smallest absolute Gasteiger partial charge is 0.328 e. The summed E-state index contributed by atoms with van der Waals surface area (Å²) in [6, 6.07) is 5.73. The number of carbonyl (C=O) groups is 1. The van der Waals surface area contributed by atoms with Crippen LogP contribution in [0.15, 0.2) is 23.2 Å². The van der Waals surface area contributed by atoms with E-state index in [1.54, 1.807) is 11.9 Å². The number of nitrogens with two attached hydrogens (primary N) is 1. The lowest BCUT2D eigenvalue weighted by molar-refractivity contribution is 0.250. The van der Waals surface area contributed by atoms with Gasteiger partial charge in [0, 0.05) is 13.6 Å². The molecule has 2 amide bonds. The van der Waals surface area contributed by atoms with E-state index in [1.165, 1.54) is 0 Å². The SMILES string of the molecule is CCCN(C(=O)NC(N)=NC)c1c(C)cccc1C. The minimum absolute atomic E-state index is 0.123. The van der Waals surface area contributed by atoms with Crippen molar-refractivity contribution >= 4 is 17.7 Å². The summed E-state index contributed by atoms with van der Waals surface area (Å²) in [6.07, 6.45) is 0.865. The lowest BCUT2D eigenvalue weighted by atomic mass is 10.1. The van der Waals surface area contributed by atoms with Gasteiger partial charge in [-0.05, 0) is 31.4 Å². The van der Waals surface area contributed by atoms with E-state index in [0.717, 1.165) is 23.2 Å². The Morgan fingerprint density at radius 2 is 1.95 bits per heavy atom. The molecule has 104 valence electrons. The molecule has 3 N–H and O–H groups in total. The highest BCUT2D eigenvalue weighted by atomic mass is 16.2. The number of nitrogens with one attached hydrogen (secondary N) is 1. The maximum absolute atomic E-state index is 12.3. The van der Waals surface area contributed by atoms with Gasteiger partial charge in [0.1, 0.15) is 0 Å². The Balaban J connectivity index is 3.10. The third kappa shape index (κ3) is 3.71. The highest BCUT2D eigenvalue weighted by Gasteiger charge is 2.18. The van der Waals surface area contributed by atoms with E-state index in [-0.39, 0.29) is 12.0 Å². The van der Waals surface area contributed by atoms with Crippen LogP contribution in [0.4, 0.5) is 10.5 Å². The Bertz CT molecular complexity index is 462. The van der Waals surface area contributed by atoms with Crippen LogP contribution in [-0.4, -0.2) is 25.6 Å². The van der Waals surface area contributed by atoms with Gasteiger partial charge < -0.3 is 5.73 Å². The summed E-state index contributed by atoms with van der Waals surface area (Å²) in [4.78, 5) is 17.7. The van der Waals surface area contributed by atoms with Gasteiger partial charge >= 0.3 is 6.03 Å². The molecule has 0 aliphatic carbocycles. The number of para-hydroxylation sites is 1. The van der Waals surface area contributed by atoms with Gasteiger partial charge in [-0.1, -0.05) is 25.1 Å². The molecule has 1 aromatic carbocycles. The Morgan fingerprint density at radius 1 is 1.37 bits per heavy atom. The summed E-state index contributed by atoms with van der Waals surface area (Å²) >= 11 is 0. The Labute approximate surface area is 114 Å². The molecule has 1 aromatic rings. The minimum Gasteiger partial charge on any atom is -0.370 e. The molecule has 0 atom stereocenters. The fourth-order valence-electron chi connectivity index (χ4n) is 2.00. The molecule has 0 aliphatic rings. The van der Waals surface area contributed by atoms with Crippen LogP contribution in [0, 0.1) is 13.8 Å². The zero-order valence-corrected chi connectivity index (χ0v) is 12.0. The van der Waals surface area contributed by atoms with E-state index in [0.29, 0.717) is 6.54 Å². The van der Waals surface area contributed by atoms with Crippen LogP contribution in [0.2, 0.25) is 0 Å². The van der Waals surface area contributed by atoms with Crippen molar-refractivity contribution in [3.63, 3.8) is 0 Å². The third-order valence-corrected chi connectivity index (χ3v) is 2.88. The number of nitrogens with zero attached hydrogens (tertiary/aromatic N) is 2. The number of amides is 2. The van der Waals surface area contributed by atoms with Crippen molar-refractivity contribution in [1.29, 1.82) is 0 Å². The molecule has 0 fully saturated rings. The standard InChI is InChI=1S/C14H22N4O/c1-5-9-18(14(19)17-13(15)16-4)12-10(2)7-6-8-11(12)3/h6-8H,5,9H2,1-4H3,(H3,15,16,17,19). The molecule has 0 saturated carbocycles. The number of aliphatic imine (C=N–C) groups is 1. The van der Waals surface area contributed by atoms with E-state index in [4.69, 9.17) is 5.73 Å². The highest BCUT2D eigenvalue weighted by Crippen LogP contribution is 2.24. The number of carbonyl (C=O) groups excluding carboxylic acids is 1. The van der Waals surface area contributed by atoms with E-state index in [2.05, 4.69) is 10.3 Å². The minimum atomic E-state index is -0.248. The Hall–Kier alpha value is -2.04. The molecule has 0 spiro atoms. The van der Waals surface area contributed by atoms with E-state index < -0.39 is 0 Å². The second-order valence-corrected chi connectivity index (χ2v) is 4.43. The predicted molar refractivity (Wildman–Crippen MR) is 79.6 cm³/mol. The van der Waals surface area contributed by atoms with Crippen molar-refractivity contribution in [3.8, 4) is 0 Å². The summed E-state index contributed by atoms with van der Waals surface area (Å²) in [5.41, 5.74) is 8.62. The van der Waals surface area contributed by atoms with Crippen LogP contribution >= 0.6 is 0 Å². The number of aryl methyl sites for hydroxylation is 2. The lowest BCUT2D eigenvalue weighted by Gasteiger charge is -2.25. The number of rotatable bonds is 3. The van der Waals surface area contributed by atoms with Gasteiger partial charge in [0.25, 0.3) is 0 Å². The van der Waals surface area contributed by atoms with Crippen molar-refractivity contribution in [2.24, 2.45) is 10.7 Å². The van der Waals surface area contributed by atoms with Gasteiger partial charge in [0.05, 0.1) is 5.69 Å². The van der Waals surface area contributed by atoms with E-state index in [1.807, 2.05) is 39.0 Å². The van der Waals surface area contributed by atoms with Crippen molar-refractivity contribution < 1.29 is 4.79 Å². The molecule has 0 saturated heterocycles. The normalized spacial score (nSPS) is 11.3. The second-order valence-electron chi connectivity index (χ2n) is 4.43. The van der Waals surface area contributed by atoms with Crippen LogP contribution < -0.4 is 16.0 Å². The maximum Gasteiger partial charge on any atom is 0.328 e. The van der Waals surface area contributed by atoms with Crippen LogP contribution in [0.3, 0.4) is 0 Å². The summed E-state index contributed by atoms with van der Waals surface area (Å²) in [5.74, 6) is 0.123. The lowest BCUT2D eigenvalue weighted by Crippen LogP contribution is -2.46. The maximum atomic E-state index is 12.3. The first kappa shape index (κ1) is 15.0. The first-order valence-corrected chi connectivity index (χ1v) is 6.38. The summed E-state index contributed by atoms with van der Waals surface area (Å²) in [7, 11) is 1.54. The molecule has 0 bridgehead atoms. The number of urea groups is 1. The second kappa shape index (κ2) is 6.78. The van der Waals surface area contributed by atoms with Gasteiger partial charge in [-0.2, -0.15) is 0 Å². The predicted octanol–water partition coefficient (Wildman–Crippen LogP) is 2.17. The molecular formula is C14H22N4O. The number of benzene rings is 1. The Morgan fingerprint density at radius 3 is 2.42 bits per heavy atom. The molecule has 0 heterocycles. The quantitative estimate of drug-likeness (QED) is 0.647. The van der Waals surface area contributed by atoms with Gasteiger partial charge in [-0.25, -0.2) is 4.79 Å². The van der Waals surface area contributed by atoms with Crippen molar-refractivity contribution in [1.82, 2.24) is 5.32 Å². The topological polar surface area (TPSA) is 70.7 Å². The molecule has 1 rings (SSSR count). The number of hydrogen-bond donors (Lipinski definition) is 2. The van der Waals surface area contributed by atoms with E-state index >= 15 is 0 Å². The number of guanidine groups is 1. The molecule has 0 radical (unpaired) electrons. The van der Waals surface area contributed by atoms with Crippen molar-refractivity contribution in [3.05, 3.63) is 29.3 Å². The molecule has 0 unspecified atom stereocenters. The Kier molecular flexibility index (Phi) is 5.36. The van der Waals surface area contributed by atoms with Crippen LogP contribution in [0.1, 0.15) is 24.5 Å². The summed E-state index contributed by atoms with van der Waals surface area (Å²) in [6.45, 7) is 6.66. The fourth-order valence-corrected chi connectivity index (χ4v) is 2.00.